The van der Waals surface area contributed by atoms with Gasteiger partial charge in [-0.1, -0.05) is 12.1 Å². The zero-order valence-electron chi connectivity index (χ0n) is 17.2. The number of sulfonamides is 1. The van der Waals surface area contributed by atoms with Crippen LogP contribution < -0.4 is 14.4 Å². The minimum absolute atomic E-state index is 0.0758. The molecule has 0 fully saturated rings. The van der Waals surface area contributed by atoms with Crippen LogP contribution in [0.1, 0.15) is 25.8 Å². The molecule has 2 aromatic carbocycles. The number of carbonyl (C=O) groups excluding carboxylic acids is 1. The van der Waals surface area contributed by atoms with Gasteiger partial charge in [-0.15, -0.1) is 0 Å². The molecule has 0 atom stereocenters. The Morgan fingerprint density at radius 1 is 1.13 bits per heavy atom. The van der Waals surface area contributed by atoms with E-state index < -0.39 is 34.1 Å². The molecule has 2 rings (SSSR count). The molecule has 0 aromatic heterocycles. The van der Waals surface area contributed by atoms with Gasteiger partial charge in [-0.25, -0.2) is 17.2 Å². The number of benzene rings is 2. The maximum Gasteiger partial charge on any atom is 0.240 e. The van der Waals surface area contributed by atoms with Crippen molar-refractivity contribution < 1.29 is 26.7 Å². The highest BCUT2D eigenvalue weighted by molar-refractivity contribution is 7.92. The number of halogens is 2. The van der Waals surface area contributed by atoms with Gasteiger partial charge in [0.2, 0.25) is 15.9 Å². The third kappa shape index (κ3) is 7.29. The van der Waals surface area contributed by atoms with E-state index >= 15 is 0 Å². The Morgan fingerprint density at radius 3 is 2.50 bits per heavy atom. The normalized spacial score (nSPS) is 11.4. The lowest BCUT2D eigenvalue weighted by Gasteiger charge is -2.22. The van der Waals surface area contributed by atoms with E-state index in [0.29, 0.717) is 19.4 Å². The number of aryl methyl sites for hydroxylation is 1. The highest BCUT2D eigenvalue weighted by Crippen LogP contribution is 2.20. The summed E-state index contributed by atoms with van der Waals surface area (Å²) in [5.41, 5.74) is 0.940. The average Bonchev–Trinajstić information content (AvgIpc) is 2.64. The number of hydrogen-bond acceptors (Lipinski definition) is 4. The number of nitrogens with one attached hydrogen (secondary N) is 1. The Hall–Kier alpha value is -2.68. The molecular weight excluding hydrogens is 414 g/mol. The second-order valence-electron chi connectivity index (χ2n) is 7.14. The van der Waals surface area contributed by atoms with Gasteiger partial charge in [0.15, 0.2) is 11.6 Å². The van der Waals surface area contributed by atoms with Crippen LogP contribution in [0.15, 0.2) is 42.5 Å². The molecule has 0 saturated carbocycles. The maximum atomic E-state index is 13.5. The fourth-order valence-corrected chi connectivity index (χ4v) is 3.64. The van der Waals surface area contributed by atoms with E-state index in [1.807, 2.05) is 38.1 Å². The summed E-state index contributed by atoms with van der Waals surface area (Å²) in [6, 6.07) is 10.4. The van der Waals surface area contributed by atoms with E-state index in [1.54, 1.807) is 0 Å². The van der Waals surface area contributed by atoms with E-state index in [2.05, 4.69) is 5.32 Å². The van der Waals surface area contributed by atoms with Gasteiger partial charge in [0.1, 0.15) is 12.3 Å². The molecule has 0 aliphatic rings. The number of rotatable bonds is 10. The first kappa shape index (κ1) is 23.6. The minimum atomic E-state index is -3.86. The molecule has 9 heteroatoms. The number of ether oxygens (including phenoxy) is 1. The van der Waals surface area contributed by atoms with E-state index in [-0.39, 0.29) is 11.8 Å². The summed E-state index contributed by atoms with van der Waals surface area (Å²) in [6.07, 6.45) is 2.32. The molecule has 1 amide bonds. The molecule has 0 saturated heterocycles. The van der Waals surface area contributed by atoms with Crippen LogP contribution in [0.3, 0.4) is 0 Å². The third-order valence-electron chi connectivity index (χ3n) is 4.11. The van der Waals surface area contributed by atoms with Crippen LogP contribution in [0, 0.1) is 11.6 Å². The third-order valence-corrected chi connectivity index (χ3v) is 5.25. The number of anilines is 1. The van der Waals surface area contributed by atoms with Gasteiger partial charge < -0.3 is 10.1 Å². The quantitative estimate of drug-likeness (QED) is 0.576. The molecule has 1 N–H and O–H groups in total. The standard InChI is InChI=1S/C21H26F2N2O4S/c1-15(2)29-18-8-4-6-16(12-18)7-5-11-24-21(26)14-25(30(3,27)28)17-9-10-19(22)20(23)13-17/h4,6,8-10,12-13,15H,5,7,11,14H2,1-3H3,(H,24,26). The molecule has 0 bridgehead atoms. The van der Waals surface area contributed by atoms with Gasteiger partial charge in [-0.3, -0.25) is 9.10 Å². The van der Waals surface area contributed by atoms with E-state index in [1.165, 1.54) is 0 Å². The van der Waals surface area contributed by atoms with Gasteiger partial charge in [-0.05, 0) is 56.5 Å². The fraction of sp³-hybridized carbons (Fsp3) is 0.381. The van der Waals surface area contributed by atoms with Crippen molar-refractivity contribution in [2.24, 2.45) is 0 Å². The summed E-state index contributed by atoms with van der Waals surface area (Å²) in [5.74, 6) is -2.05. The molecule has 0 spiro atoms. The molecule has 0 aliphatic carbocycles. The SMILES string of the molecule is CC(C)Oc1cccc(CCCNC(=O)CN(c2ccc(F)c(F)c2)S(C)(=O)=O)c1. The maximum absolute atomic E-state index is 13.5. The van der Waals surface area contributed by atoms with Crippen molar-refractivity contribution in [2.45, 2.75) is 32.8 Å². The van der Waals surface area contributed by atoms with Gasteiger partial charge in [0.25, 0.3) is 0 Å². The summed E-state index contributed by atoms with van der Waals surface area (Å²) in [7, 11) is -3.86. The lowest BCUT2D eigenvalue weighted by molar-refractivity contribution is -0.119. The first-order valence-corrected chi connectivity index (χ1v) is 11.4. The lowest BCUT2D eigenvalue weighted by atomic mass is 10.1. The lowest BCUT2D eigenvalue weighted by Crippen LogP contribution is -2.40. The summed E-state index contributed by atoms with van der Waals surface area (Å²) >= 11 is 0. The van der Waals surface area contributed by atoms with Gasteiger partial charge in [0.05, 0.1) is 18.0 Å². The van der Waals surface area contributed by atoms with Crippen molar-refractivity contribution in [1.29, 1.82) is 0 Å². The van der Waals surface area contributed by atoms with Gasteiger partial charge >= 0.3 is 0 Å². The molecule has 30 heavy (non-hydrogen) atoms. The van der Waals surface area contributed by atoms with Crippen molar-refractivity contribution in [3.05, 3.63) is 59.7 Å². The highest BCUT2D eigenvalue weighted by atomic mass is 32.2. The van der Waals surface area contributed by atoms with Crippen LogP contribution >= 0.6 is 0 Å². The van der Waals surface area contributed by atoms with Crippen LogP contribution in [-0.4, -0.2) is 39.8 Å². The second-order valence-corrected chi connectivity index (χ2v) is 9.04. The van der Waals surface area contributed by atoms with E-state index in [9.17, 15) is 22.0 Å². The predicted octanol–water partition coefficient (Wildman–Crippen LogP) is 3.27. The van der Waals surface area contributed by atoms with E-state index in [0.717, 1.165) is 40.1 Å². The van der Waals surface area contributed by atoms with Crippen LogP contribution in [0.5, 0.6) is 5.75 Å². The molecule has 0 radical (unpaired) electrons. The molecule has 0 unspecified atom stereocenters. The topological polar surface area (TPSA) is 75.7 Å². The Balaban J connectivity index is 1.90. The van der Waals surface area contributed by atoms with Crippen molar-refractivity contribution in [3.63, 3.8) is 0 Å². The van der Waals surface area contributed by atoms with Crippen LogP contribution in [0.2, 0.25) is 0 Å². The summed E-state index contributed by atoms with van der Waals surface area (Å²) in [5, 5.41) is 2.65. The Bertz CT molecular complexity index is 981. The Kier molecular flexibility index (Phi) is 8.16. The zero-order valence-corrected chi connectivity index (χ0v) is 18.0. The predicted molar refractivity (Wildman–Crippen MR) is 112 cm³/mol. The Morgan fingerprint density at radius 2 is 1.87 bits per heavy atom. The van der Waals surface area contributed by atoms with Crippen molar-refractivity contribution in [1.82, 2.24) is 5.32 Å². The average molecular weight is 441 g/mol. The van der Waals surface area contributed by atoms with Crippen LogP contribution in [-0.2, 0) is 21.2 Å². The van der Waals surface area contributed by atoms with Crippen LogP contribution in [0.4, 0.5) is 14.5 Å². The zero-order chi connectivity index (χ0) is 22.3. The molecule has 0 aliphatic heterocycles. The monoisotopic (exact) mass is 440 g/mol. The molecule has 2 aromatic rings. The number of nitrogens with zero attached hydrogens (tertiary/aromatic N) is 1. The highest BCUT2D eigenvalue weighted by Gasteiger charge is 2.21. The molecular formula is C21H26F2N2O4S. The smallest absolute Gasteiger partial charge is 0.240 e. The number of amides is 1. The fourth-order valence-electron chi connectivity index (χ4n) is 2.79. The molecule has 0 heterocycles. The van der Waals surface area contributed by atoms with Gasteiger partial charge in [-0.2, -0.15) is 0 Å². The Labute approximate surface area is 175 Å². The minimum Gasteiger partial charge on any atom is -0.491 e. The summed E-state index contributed by atoms with van der Waals surface area (Å²) in [6.45, 7) is 3.70. The number of hydrogen-bond donors (Lipinski definition) is 1. The largest absolute Gasteiger partial charge is 0.491 e. The van der Waals surface area contributed by atoms with Gasteiger partial charge in [0, 0.05) is 12.6 Å². The second kappa shape index (κ2) is 10.4. The van der Waals surface area contributed by atoms with Crippen molar-refractivity contribution in [2.75, 3.05) is 23.7 Å². The molecule has 164 valence electrons. The van der Waals surface area contributed by atoms with E-state index in [4.69, 9.17) is 4.74 Å². The summed E-state index contributed by atoms with van der Waals surface area (Å²) in [4.78, 5) is 12.2. The van der Waals surface area contributed by atoms with Crippen molar-refractivity contribution in [3.8, 4) is 5.75 Å². The molecule has 6 nitrogen and oxygen atoms in total. The van der Waals surface area contributed by atoms with Crippen LogP contribution in [0.25, 0.3) is 0 Å². The number of carbonyl (C=O) groups is 1. The first-order valence-electron chi connectivity index (χ1n) is 9.51. The van der Waals surface area contributed by atoms with Crippen molar-refractivity contribution >= 4 is 21.6 Å². The first-order chi connectivity index (χ1) is 14.1. The summed E-state index contributed by atoms with van der Waals surface area (Å²) < 4.78 is 57.0.